The molecule has 0 aliphatic carbocycles. The van der Waals surface area contributed by atoms with Gasteiger partial charge < -0.3 is 18.7 Å². The molecule has 0 heterocycles. The number of unbranched alkanes of at least 4 members (excludes halogenated alkanes) is 10. The highest BCUT2D eigenvalue weighted by Crippen LogP contribution is 2.32. The van der Waals surface area contributed by atoms with Gasteiger partial charge in [0.2, 0.25) is 17.3 Å². The number of quaternary nitrogens is 1. The van der Waals surface area contributed by atoms with Crippen molar-refractivity contribution in [2.24, 2.45) is 0 Å². The molecule has 0 fully saturated rings. The maximum atomic E-state index is 15.8. The first-order chi connectivity index (χ1) is 28.6. The van der Waals surface area contributed by atoms with E-state index in [1.165, 1.54) is 32.1 Å². The van der Waals surface area contributed by atoms with E-state index in [1.807, 2.05) is 0 Å². The highest BCUT2D eigenvalue weighted by molar-refractivity contribution is 6.39. The van der Waals surface area contributed by atoms with Crippen LogP contribution in [-0.4, -0.2) is 26.7 Å². The van der Waals surface area contributed by atoms with Gasteiger partial charge in [0.1, 0.15) is 11.5 Å². The normalized spacial score (nSPS) is 12.1. The van der Waals surface area contributed by atoms with E-state index in [-0.39, 0.29) is 24.5 Å². The van der Waals surface area contributed by atoms with Gasteiger partial charge in [-0.1, -0.05) is 71.6 Å². The number of halogens is 12. The second-order valence-electron chi connectivity index (χ2n) is 13.5. The quantitative estimate of drug-likeness (QED) is 0.0201. The minimum absolute atomic E-state index is 0.170. The maximum Gasteiger partial charge on any atom is 0.864 e. The van der Waals surface area contributed by atoms with Crippen LogP contribution in [0.4, 0.5) is 58.4 Å². The standard InChI is InChI=1S/C36H43BF9NO4.C6H2F3/c1-4-7-8-9-10-11-12-13-14-15-16-17-47(31(5-2)48-6-3)36-30(22-29(42)34(45)35(36)46)51-37(49-23-18-25(38)32(43)26(39)19-23)50-24-20-27(40)33(44)28(41)21-24;7-4-2-1-3-5(8)6(4)9/h18-22,31H,4-17H2,1-3H3;2-3H/q;-1/p+1. The first kappa shape index (κ1) is 49.8. The van der Waals surface area contributed by atoms with Gasteiger partial charge in [0.15, 0.2) is 52.7 Å². The summed E-state index contributed by atoms with van der Waals surface area (Å²) in [5.74, 6) is -21.8. The number of benzene rings is 4. The molecule has 0 radical (unpaired) electrons. The van der Waals surface area contributed by atoms with Crippen LogP contribution in [0, 0.1) is 75.9 Å². The Kier molecular flexibility index (Phi) is 21.0. The molecule has 4 aromatic rings. The van der Waals surface area contributed by atoms with Crippen molar-refractivity contribution in [3.05, 3.63) is 118 Å². The fraction of sp³-hybridized carbons (Fsp3) is 0.429. The van der Waals surface area contributed by atoms with Crippen LogP contribution in [0.5, 0.6) is 17.2 Å². The summed E-state index contributed by atoms with van der Waals surface area (Å²) in [5.41, 5.74) is -0.550. The number of hydrogen-bond acceptors (Lipinski definition) is 4. The summed E-state index contributed by atoms with van der Waals surface area (Å²) in [5, 5.41) is 0. The predicted octanol–water partition coefficient (Wildman–Crippen LogP) is 12.0. The van der Waals surface area contributed by atoms with E-state index in [0.29, 0.717) is 36.8 Å². The molecule has 0 saturated carbocycles. The lowest BCUT2D eigenvalue weighted by Gasteiger charge is -2.29. The third-order valence-corrected chi connectivity index (χ3v) is 9.07. The molecule has 4 rings (SSSR count). The third kappa shape index (κ3) is 14.9. The highest BCUT2D eigenvalue weighted by atomic mass is 19.2. The van der Waals surface area contributed by atoms with Gasteiger partial charge in [0.25, 0.3) is 0 Å². The van der Waals surface area contributed by atoms with Crippen molar-refractivity contribution in [2.75, 3.05) is 13.2 Å². The molecule has 0 aliphatic rings. The molecular weight excluding hydrogens is 821 g/mol. The van der Waals surface area contributed by atoms with Crippen molar-refractivity contribution in [1.29, 1.82) is 0 Å². The lowest BCUT2D eigenvalue weighted by molar-refractivity contribution is -0.889. The fourth-order valence-corrected chi connectivity index (χ4v) is 6.09. The zero-order valence-electron chi connectivity index (χ0n) is 33.3. The van der Waals surface area contributed by atoms with Gasteiger partial charge in [-0.3, -0.25) is 13.7 Å². The Morgan fingerprint density at radius 1 is 0.500 bits per heavy atom. The van der Waals surface area contributed by atoms with Gasteiger partial charge in [-0.05, 0) is 19.8 Å². The monoisotopic (exact) mass is 867 g/mol. The molecule has 0 saturated heterocycles. The number of hydrogen-bond donors (Lipinski definition) is 1. The molecule has 5 nitrogen and oxygen atoms in total. The van der Waals surface area contributed by atoms with Crippen LogP contribution >= 0.6 is 0 Å². The molecular formula is C42H46BF12NO4. The number of nitrogens with one attached hydrogen (secondary N) is 1. The molecule has 2 unspecified atom stereocenters. The van der Waals surface area contributed by atoms with Crippen molar-refractivity contribution < 1.29 is 76.3 Å². The topological polar surface area (TPSA) is 41.4 Å². The molecule has 1 N–H and O–H groups in total. The third-order valence-electron chi connectivity index (χ3n) is 9.07. The Hall–Kier alpha value is -4.58. The molecule has 0 aliphatic heterocycles. The minimum Gasteiger partial charge on any atom is -0.489 e. The van der Waals surface area contributed by atoms with Crippen molar-refractivity contribution in [3.8, 4) is 17.2 Å². The van der Waals surface area contributed by atoms with E-state index in [1.54, 1.807) is 13.8 Å². The highest BCUT2D eigenvalue weighted by Gasteiger charge is 2.39. The molecule has 18 heteroatoms. The van der Waals surface area contributed by atoms with E-state index >= 15 is 4.39 Å². The molecule has 0 bridgehead atoms. The Labute approximate surface area is 341 Å². The lowest BCUT2D eigenvalue weighted by Crippen LogP contribution is -3.12. The molecule has 4 aromatic carbocycles. The van der Waals surface area contributed by atoms with Gasteiger partial charge in [0, 0.05) is 48.4 Å². The first-order valence-electron chi connectivity index (χ1n) is 19.6. The van der Waals surface area contributed by atoms with Gasteiger partial charge in [-0.15, -0.1) is 12.1 Å². The van der Waals surface area contributed by atoms with Crippen LogP contribution < -0.4 is 18.9 Å². The molecule has 2 atom stereocenters. The van der Waals surface area contributed by atoms with Crippen LogP contribution in [0.2, 0.25) is 0 Å². The van der Waals surface area contributed by atoms with E-state index in [2.05, 4.69) is 13.0 Å². The van der Waals surface area contributed by atoms with Crippen LogP contribution in [0.15, 0.2) is 42.5 Å². The summed E-state index contributed by atoms with van der Waals surface area (Å²) in [4.78, 5) is 0.207. The van der Waals surface area contributed by atoms with Gasteiger partial charge in [-0.2, -0.15) is 10.5 Å². The average Bonchev–Trinajstić information content (AvgIpc) is 3.20. The Balaban J connectivity index is 0.000000940. The largest absolute Gasteiger partial charge is 0.864 e. The van der Waals surface area contributed by atoms with Crippen molar-refractivity contribution >= 4 is 13.0 Å². The number of rotatable bonds is 23. The second kappa shape index (κ2) is 25.3. The van der Waals surface area contributed by atoms with Crippen LogP contribution in [0.3, 0.4) is 0 Å². The molecule has 0 spiro atoms. The lowest BCUT2D eigenvalue weighted by atomic mass is 10.1. The maximum absolute atomic E-state index is 15.8. The van der Waals surface area contributed by atoms with E-state index in [9.17, 15) is 48.3 Å². The van der Waals surface area contributed by atoms with Crippen molar-refractivity contribution in [2.45, 2.75) is 104 Å². The van der Waals surface area contributed by atoms with Crippen LogP contribution in [-0.2, 0) is 4.74 Å². The minimum atomic E-state index is -2.36. The average molecular weight is 868 g/mol. The van der Waals surface area contributed by atoms with Crippen LogP contribution in [0.25, 0.3) is 0 Å². The van der Waals surface area contributed by atoms with Crippen LogP contribution in [0.1, 0.15) is 97.8 Å². The molecule has 330 valence electrons. The Morgan fingerprint density at radius 3 is 1.33 bits per heavy atom. The molecule has 60 heavy (non-hydrogen) atoms. The van der Waals surface area contributed by atoms with Gasteiger partial charge >= 0.3 is 7.32 Å². The zero-order valence-corrected chi connectivity index (χ0v) is 33.3. The summed E-state index contributed by atoms with van der Waals surface area (Å²) in [6.45, 7) is 5.95. The van der Waals surface area contributed by atoms with Crippen molar-refractivity contribution in [3.63, 3.8) is 0 Å². The molecule has 0 aromatic heterocycles. The Morgan fingerprint density at radius 2 is 0.917 bits per heavy atom. The summed E-state index contributed by atoms with van der Waals surface area (Å²) in [6, 6.07) is 5.54. The molecule has 0 amide bonds. The van der Waals surface area contributed by atoms with Crippen molar-refractivity contribution in [1.82, 2.24) is 0 Å². The summed E-state index contributed by atoms with van der Waals surface area (Å²) in [6.07, 6.45) is 10.9. The summed E-state index contributed by atoms with van der Waals surface area (Å²) < 4.78 is 187. The summed E-state index contributed by atoms with van der Waals surface area (Å²) in [7, 11) is -2.36. The predicted molar refractivity (Wildman–Crippen MR) is 199 cm³/mol. The SMILES string of the molecule is CCCCCCCCCCCCC[NH+](c1c(OB(Oc2cc(F)c(F)c(F)c2)Oc2cc(F)c(F)c(F)c2)cc(F)c(F)c1F)C(CC)OCC.Fc1c[c-]cc(F)c1F. The van der Waals surface area contributed by atoms with E-state index in [0.717, 1.165) is 44.2 Å². The van der Waals surface area contributed by atoms with E-state index in [4.69, 9.17) is 18.7 Å². The fourth-order valence-electron chi connectivity index (χ4n) is 6.09. The first-order valence-corrected chi connectivity index (χ1v) is 19.6. The smallest absolute Gasteiger partial charge is 0.489 e. The van der Waals surface area contributed by atoms with E-state index < -0.39 is 106 Å². The second-order valence-corrected chi connectivity index (χ2v) is 13.5. The Bertz CT molecular complexity index is 1830. The summed E-state index contributed by atoms with van der Waals surface area (Å²) >= 11 is 0. The number of ether oxygens (including phenoxy) is 1. The van der Waals surface area contributed by atoms with Gasteiger partial charge in [0.05, 0.1) is 19.0 Å². The van der Waals surface area contributed by atoms with Gasteiger partial charge in [-0.25, -0.2) is 39.5 Å². The zero-order chi connectivity index (χ0) is 44.4.